The van der Waals surface area contributed by atoms with Gasteiger partial charge in [-0.2, -0.15) is 4.98 Å². The summed E-state index contributed by atoms with van der Waals surface area (Å²) >= 11 is 0. The second-order valence-electron chi connectivity index (χ2n) is 6.91. The van der Waals surface area contributed by atoms with E-state index in [4.69, 9.17) is 18.7 Å². The maximum Gasteiger partial charge on any atom is 0.280 e. The van der Waals surface area contributed by atoms with E-state index in [0.29, 0.717) is 35.1 Å². The molecule has 9 nitrogen and oxygen atoms in total. The number of halogens is 1. The van der Waals surface area contributed by atoms with Crippen molar-refractivity contribution in [3.8, 4) is 34.5 Å². The maximum atomic E-state index is 13.2. The van der Waals surface area contributed by atoms with Crippen LogP contribution in [0.4, 0.5) is 4.39 Å². The molecular formula is C21H18FN5O4. The van der Waals surface area contributed by atoms with Crippen molar-refractivity contribution in [3.63, 3.8) is 0 Å². The highest BCUT2D eigenvalue weighted by Crippen LogP contribution is 2.34. The van der Waals surface area contributed by atoms with Crippen LogP contribution in [-0.4, -0.2) is 39.4 Å². The van der Waals surface area contributed by atoms with E-state index in [1.807, 2.05) is 0 Å². The van der Waals surface area contributed by atoms with Crippen LogP contribution in [0, 0.1) is 5.82 Å². The second-order valence-corrected chi connectivity index (χ2v) is 6.91. The first-order valence-corrected chi connectivity index (χ1v) is 9.52. The van der Waals surface area contributed by atoms with Crippen LogP contribution < -0.4 is 9.47 Å². The van der Waals surface area contributed by atoms with Gasteiger partial charge in [-0.15, -0.1) is 5.10 Å². The quantitative estimate of drug-likeness (QED) is 0.482. The fourth-order valence-electron chi connectivity index (χ4n) is 3.47. The SMILES string of the molecule is COc1ccc(-c2noc(-c3nnn4c3CO[C@@H](c3ccc(F)cc3)C4)n2)c(OC)c1. The molecule has 0 fully saturated rings. The number of aromatic nitrogens is 5. The van der Waals surface area contributed by atoms with Crippen molar-refractivity contribution in [2.75, 3.05) is 14.2 Å². The fourth-order valence-corrected chi connectivity index (χ4v) is 3.47. The Balaban J connectivity index is 1.42. The Morgan fingerprint density at radius 3 is 2.71 bits per heavy atom. The van der Waals surface area contributed by atoms with E-state index in [0.717, 1.165) is 11.3 Å². The summed E-state index contributed by atoms with van der Waals surface area (Å²) in [6.07, 6.45) is -0.246. The van der Waals surface area contributed by atoms with Crippen molar-refractivity contribution in [2.45, 2.75) is 19.3 Å². The lowest BCUT2D eigenvalue weighted by molar-refractivity contribution is -0.00120. The summed E-state index contributed by atoms with van der Waals surface area (Å²) in [7, 11) is 3.14. The van der Waals surface area contributed by atoms with E-state index >= 15 is 0 Å². The van der Waals surface area contributed by atoms with E-state index < -0.39 is 0 Å². The molecule has 1 aliphatic rings. The Labute approximate surface area is 176 Å². The minimum Gasteiger partial charge on any atom is -0.497 e. The maximum absolute atomic E-state index is 13.2. The molecule has 0 radical (unpaired) electrons. The molecule has 158 valence electrons. The molecular weight excluding hydrogens is 405 g/mol. The number of benzene rings is 2. The number of methoxy groups -OCH3 is 2. The molecule has 0 N–H and O–H groups in total. The highest BCUT2D eigenvalue weighted by atomic mass is 19.1. The van der Waals surface area contributed by atoms with E-state index in [1.54, 1.807) is 49.2 Å². The van der Waals surface area contributed by atoms with E-state index in [1.165, 1.54) is 12.1 Å². The number of fused-ring (bicyclic) bond motifs is 1. The summed E-state index contributed by atoms with van der Waals surface area (Å²) in [5.74, 6) is 1.52. The molecule has 0 saturated carbocycles. The lowest BCUT2D eigenvalue weighted by Gasteiger charge is -2.24. The predicted octanol–water partition coefficient (Wildman–Crippen LogP) is 3.42. The first-order valence-electron chi connectivity index (χ1n) is 9.52. The lowest BCUT2D eigenvalue weighted by Crippen LogP contribution is -2.22. The highest BCUT2D eigenvalue weighted by molar-refractivity contribution is 5.67. The average molecular weight is 423 g/mol. The normalized spacial score (nSPS) is 15.5. The molecule has 3 heterocycles. The van der Waals surface area contributed by atoms with Gasteiger partial charge < -0.3 is 18.7 Å². The molecule has 2 aromatic heterocycles. The topological polar surface area (TPSA) is 97.3 Å². The molecule has 1 atom stereocenters. The van der Waals surface area contributed by atoms with Gasteiger partial charge in [0.05, 0.1) is 38.6 Å². The zero-order valence-corrected chi connectivity index (χ0v) is 16.8. The minimum atomic E-state index is -0.288. The van der Waals surface area contributed by atoms with Crippen molar-refractivity contribution < 1.29 is 23.1 Å². The zero-order valence-electron chi connectivity index (χ0n) is 16.8. The van der Waals surface area contributed by atoms with Crippen LogP contribution in [-0.2, 0) is 17.9 Å². The number of rotatable bonds is 5. The fraction of sp³-hybridized carbons (Fsp3) is 0.238. The summed E-state index contributed by atoms with van der Waals surface area (Å²) in [6.45, 7) is 0.704. The summed E-state index contributed by atoms with van der Waals surface area (Å²) in [5.41, 5.74) is 2.72. The average Bonchev–Trinajstić information content (AvgIpc) is 3.45. The lowest BCUT2D eigenvalue weighted by atomic mass is 10.1. The standard InChI is InChI=1S/C21H18FN5O4/c1-28-14-7-8-15(17(9-14)29-2)20-23-21(31-25-20)19-16-11-30-18(10-27(16)26-24-19)12-3-5-13(22)6-4-12/h3-9,18H,10-11H2,1-2H3/t18-/m1/s1. The van der Waals surface area contributed by atoms with Crippen molar-refractivity contribution in [1.29, 1.82) is 0 Å². The molecule has 5 rings (SSSR count). The summed E-state index contributed by atoms with van der Waals surface area (Å²) in [6, 6.07) is 11.6. The monoisotopic (exact) mass is 423 g/mol. The van der Waals surface area contributed by atoms with E-state index in [9.17, 15) is 4.39 Å². The molecule has 4 aromatic rings. The molecule has 0 unspecified atom stereocenters. The molecule has 1 aliphatic heterocycles. The predicted molar refractivity (Wildman–Crippen MR) is 106 cm³/mol. The molecule has 0 spiro atoms. The third kappa shape index (κ3) is 3.50. The van der Waals surface area contributed by atoms with Crippen molar-refractivity contribution >= 4 is 0 Å². The minimum absolute atomic E-state index is 0.234. The molecule has 0 bridgehead atoms. The van der Waals surface area contributed by atoms with Crippen molar-refractivity contribution in [1.82, 2.24) is 25.1 Å². The van der Waals surface area contributed by atoms with Crippen molar-refractivity contribution in [2.24, 2.45) is 0 Å². The second kappa shape index (κ2) is 7.80. The van der Waals surface area contributed by atoms with Gasteiger partial charge in [-0.1, -0.05) is 22.5 Å². The van der Waals surface area contributed by atoms with Gasteiger partial charge in [-0.3, -0.25) is 0 Å². The summed E-state index contributed by atoms with van der Waals surface area (Å²) < 4.78 is 37.0. The number of hydrogen-bond donors (Lipinski definition) is 0. The Morgan fingerprint density at radius 1 is 1.10 bits per heavy atom. The summed E-state index contributed by atoms with van der Waals surface area (Å²) in [4.78, 5) is 4.47. The number of nitrogens with zero attached hydrogens (tertiary/aromatic N) is 5. The number of ether oxygens (including phenoxy) is 3. The summed E-state index contributed by atoms with van der Waals surface area (Å²) in [5, 5.41) is 12.5. The zero-order chi connectivity index (χ0) is 21.4. The Morgan fingerprint density at radius 2 is 1.94 bits per heavy atom. The van der Waals surface area contributed by atoms with Gasteiger partial charge in [0.2, 0.25) is 5.82 Å². The van der Waals surface area contributed by atoms with E-state index in [2.05, 4.69) is 20.5 Å². The van der Waals surface area contributed by atoms with Crippen LogP contribution in [0.5, 0.6) is 11.5 Å². The Hall–Kier alpha value is -3.79. The van der Waals surface area contributed by atoms with Crippen LogP contribution in [0.15, 0.2) is 47.0 Å². The van der Waals surface area contributed by atoms with Crippen LogP contribution >= 0.6 is 0 Å². The van der Waals surface area contributed by atoms with Crippen molar-refractivity contribution in [3.05, 3.63) is 59.5 Å². The molecule has 0 amide bonds. The Bertz CT molecular complexity index is 1220. The van der Waals surface area contributed by atoms with Crippen LogP contribution in [0.1, 0.15) is 17.4 Å². The van der Waals surface area contributed by atoms with Crippen LogP contribution in [0.25, 0.3) is 23.0 Å². The van der Waals surface area contributed by atoms with Gasteiger partial charge in [0.25, 0.3) is 5.89 Å². The van der Waals surface area contributed by atoms with Gasteiger partial charge in [0, 0.05) is 6.07 Å². The largest absolute Gasteiger partial charge is 0.497 e. The Kier molecular flexibility index (Phi) is 4.83. The first kappa shape index (κ1) is 19.2. The van der Waals surface area contributed by atoms with Crippen LogP contribution in [0.3, 0.4) is 0 Å². The van der Waals surface area contributed by atoms with Gasteiger partial charge in [-0.25, -0.2) is 9.07 Å². The van der Waals surface area contributed by atoms with E-state index in [-0.39, 0.29) is 24.4 Å². The highest BCUT2D eigenvalue weighted by Gasteiger charge is 2.28. The van der Waals surface area contributed by atoms with Gasteiger partial charge in [0.1, 0.15) is 23.4 Å². The third-order valence-corrected chi connectivity index (χ3v) is 5.12. The smallest absolute Gasteiger partial charge is 0.280 e. The molecule has 31 heavy (non-hydrogen) atoms. The van der Waals surface area contributed by atoms with Gasteiger partial charge >= 0.3 is 0 Å². The molecule has 0 saturated heterocycles. The third-order valence-electron chi connectivity index (χ3n) is 5.12. The molecule has 0 aliphatic carbocycles. The van der Waals surface area contributed by atoms with Gasteiger partial charge in [0.15, 0.2) is 5.69 Å². The van der Waals surface area contributed by atoms with Gasteiger partial charge in [-0.05, 0) is 29.8 Å². The number of hydrogen-bond acceptors (Lipinski definition) is 8. The first-order chi connectivity index (χ1) is 15.2. The molecule has 10 heteroatoms. The molecule has 2 aromatic carbocycles. The van der Waals surface area contributed by atoms with Crippen LogP contribution in [0.2, 0.25) is 0 Å².